The Morgan fingerprint density at radius 2 is 1.75 bits per heavy atom. The number of rotatable bonds is 5. The number of carbonyl (C=O) groups excluding carboxylic acids is 1. The third-order valence-electron chi connectivity index (χ3n) is 2.99. The maximum atomic E-state index is 11.6. The van der Waals surface area contributed by atoms with Crippen LogP contribution in [0.4, 0.5) is 5.69 Å². The second kappa shape index (κ2) is 7.28. The Labute approximate surface area is 132 Å². The summed E-state index contributed by atoms with van der Waals surface area (Å²) in [6.45, 7) is 0.920. The molecule has 0 aliphatic carbocycles. The van der Waals surface area contributed by atoms with Crippen LogP contribution in [0.1, 0.15) is 5.56 Å². The number of para-hydroxylation sites is 1. The van der Waals surface area contributed by atoms with Gasteiger partial charge >= 0.3 is 5.97 Å². The van der Waals surface area contributed by atoms with Crippen molar-refractivity contribution in [3.8, 4) is 0 Å². The van der Waals surface area contributed by atoms with Gasteiger partial charge in [-0.3, -0.25) is 4.79 Å². The van der Waals surface area contributed by atoms with E-state index in [1.165, 1.54) is 16.2 Å². The van der Waals surface area contributed by atoms with E-state index in [4.69, 9.17) is 4.74 Å². The Hall–Kier alpha value is -1.56. The van der Waals surface area contributed by atoms with Gasteiger partial charge in [-0.15, -0.1) is 0 Å². The van der Waals surface area contributed by atoms with Gasteiger partial charge in [-0.2, -0.15) is 0 Å². The fraction of sp³-hybridized carbons (Fsp3) is 0.188. The highest BCUT2D eigenvalue weighted by Crippen LogP contribution is 2.19. The van der Waals surface area contributed by atoms with Gasteiger partial charge in [-0.1, -0.05) is 36.4 Å². The number of halogens is 1. The molecule has 0 aliphatic heterocycles. The van der Waals surface area contributed by atoms with E-state index in [0.717, 1.165) is 5.69 Å². The summed E-state index contributed by atoms with van der Waals surface area (Å²) in [4.78, 5) is 13.6. The van der Waals surface area contributed by atoms with Gasteiger partial charge in [0, 0.05) is 15.8 Å². The third-order valence-corrected chi connectivity index (χ3v) is 4.04. The summed E-state index contributed by atoms with van der Waals surface area (Å²) >= 11 is 2.31. The monoisotopic (exact) mass is 381 g/mol. The summed E-state index contributed by atoms with van der Waals surface area (Å²) in [6.07, 6.45) is 0. The molecule has 0 saturated heterocycles. The fourth-order valence-corrected chi connectivity index (χ4v) is 2.49. The average molecular weight is 381 g/mol. The molecule has 0 aromatic heterocycles. The molecule has 104 valence electrons. The van der Waals surface area contributed by atoms with Crippen molar-refractivity contribution in [2.45, 2.75) is 6.54 Å². The van der Waals surface area contributed by atoms with Crippen molar-refractivity contribution in [1.82, 2.24) is 0 Å². The van der Waals surface area contributed by atoms with Gasteiger partial charge in [0.15, 0.2) is 0 Å². The predicted molar refractivity (Wildman–Crippen MR) is 88.7 cm³/mol. The molecule has 0 radical (unpaired) electrons. The molecule has 2 aromatic carbocycles. The Bertz CT molecular complexity index is 572. The largest absolute Gasteiger partial charge is 0.468 e. The van der Waals surface area contributed by atoms with E-state index in [1.54, 1.807) is 0 Å². The highest BCUT2D eigenvalue weighted by atomic mass is 127. The first-order valence-electron chi connectivity index (χ1n) is 6.31. The first kappa shape index (κ1) is 14.8. The zero-order valence-electron chi connectivity index (χ0n) is 11.3. The molecule has 0 amide bonds. The van der Waals surface area contributed by atoms with Crippen LogP contribution in [0.2, 0.25) is 0 Å². The number of ether oxygens (including phenoxy) is 1. The predicted octanol–water partition coefficient (Wildman–Crippen LogP) is 3.47. The topological polar surface area (TPSA) is 29.5 Å². The summed E-state index contributed by atoms with van der Waals surface area (Å²) in [6, 6.07) is 18.1. The molecule has 0 unspecified atom stereocenters. The number of hydrogen-bond acceptors (Lipinski definition) is 3. The Kier molecular flexibility index (Phi) is 5.40. The van der Waals surface area contributed by atoms with Gasteiger partial charge in [-0.05, 0) is 46.4 Å². The minimum atomic E-state index is -0.236. The van der Waals surface area contributed by atoms with Crippen LogP contribution >= 0.6 is 22.6 Å². The summed E-state index contributed by atoms with van der Waals surface area (Å²) in [5.74, 6) is -0.236. The molecule has 0 bridgehead atoms. The number of carbonyl (C=O) groups is 1. The normalized spacial score (nSPS) is 10.1. The maximum absolute atomic E-state index is 11.6. The number of esters is 1. The van der Waals surface area contributed by atoms with Crippen molar-refractivity contribution in [1.29, 1.82) is 0 Å². The van der Waals surface area contributed by atoms with Gasteiger partial charge in [-0.25, -0.2) is 0 Å². The lowest BCUT2D eigenvalue weighted by atomic mass is 10.2. The summed E-state index contributed by atoms with van der Waals surface area (Å²) in [7, 11) is 1.41. The molecule has 0 fully saturated rings. The lowest BCUT2D eigenvalue weighted by molar-refractivity contribution is -0.138. The lowest BCUT2D eigenvalue weighted by Gasteiger charge is -2.24. The number of hydrogen-bond donors (Lipinski definition) is 0. The summed E-state index contributed by atoms with van der Waals surface area (Å²) < 4.78 is 5.98. The molecule has 0 aliphatic rings. The molecule has 0 saturated carbocycles. The van der Waals surface area contributed by atoms with Gasteiger partial charge in [0.2, 0.25) is 0 Å². The van der Waals surface area contributed by atoms with Crippen molar-refractivity contribution in [3.05, 3.63) is 63.7 Å². The lowest BCUT2D eigenvalue weighted by Crippen LogP contribution is -2.30. The van der Waals surface area contributed by atoms with Crippen LogP contribution in [0, 0.1) is 3.57 Å². The summed E-state index contributed by atoms with van der Waals surface area (Å²) in [5, 5.41) is 0. The Morgan fingerprint density at radius 1 is 1.10 bits per heavy atom. The molecule has 2 aromatic rings. The molecule has 20 heavy (non-hydrogen) atoms. The van der Waals surface area contributed by atoms with Gasteiger partial charge in [0.05, 0.1) is 7.11 Å². The van der Waals surface area contributed by atoms with Gasteiger partial charge in [0.25, 0.3) is 0 Å². The van der Waals surface area contributed by atoms with Crippen LogP contribution in [-0.4, -0.2) is 19.6 Å². The first-order chi connectivity index (χ1) is 9.70. The molecular formula is C16H16INO2. The molecule has 0 heterocycles. The number of nitrogens with zero attached hydrogens (tertiary/aromatic N) is 1. The van der Waals surface area contributed by atoms with E-state index in [-0.39, 0.29) is 12.5 Å². The molecule has 2 rings (SSSR count). The van der Waals surface area contributed by atoms with Crippen molar-refractivity contribution < 1.29 is 9.53 Å². The zero-order chi connectivity index (χ0) is 14.4. The Balaban J connectivity index is 2.23. The highest BCUT2D eigenvalue weighted by Gasteiger charge is 2.13. The number of benzene rings is 2. The van der Waals surface area contributed by atoms with E-state index >= 15 is 0 Å². The Morgan fingerprint density at radius 3 is 2.40 bits per heavy atom. The van der Waals surface area contributed by atoms with Crippen LogP contribution in [-0.2, 0) is 16.1 Å². The average Bonchev–Trinajstić information content (AvgIpc) is 2.49. The number of methoxy groups -OCH3 is 1. The quantitative estimate of drug-likeness (QED) is 0.587. The maximum Gasteiger partial charge on any atom is 0.325 e. The van der Waals surface area contributed by atoms with E-state index in [2.05, 4.69) is 34.7 Å². The van der Waals surface area contributed by atoms with Crippen molar-refractivity contribution >= 4 is 34.2 Å². The molecule has 0 spiro atoms. The zero-order valence-corrected chi connectivity index (χ0v) is 13.4. The van der Waals surface area contributed by atoms with E-state index in [9.17, 15) is 4.79 Å². The van der Waals surface area contributed by atoms with Gasteiger partial charge in [0.1, 0.15) is 6.54 Å². The SMILES string of the molecule is COC(=O)CN(Cc1ccccc1I)c1ccccc1. The van der Waals surface area contributed by atoms with Crippen molar-refractivity contribution in [3.63, 3.8) is 0 Å². The standard InChI is InChI=1S/C16H16INO2/c1-20-16(19)12-18(14-8-3-2-4-9-14)11-13-7-5-6-10-15(13)17/h2-10H,11-12H2,1H3. The first-order valence-corrected chi connectivity index (χ1v) is 7.39. The molecule has 0 N–H and O–H groups in total. The molecule has 4 heteroatoms. The van der Waals surface area contributed by atoms with E-state index < -0.39 is 0 Å². The molecule has 0 atom stereocenters. The van der Waals surface area contributed by atoms with Crippen LogP contribution in [0.3, 0.4) is 0 Å². The smallest absolute Gasteiger partial charge is 0.325 e. The molecular weight excluding hydrogens is 365 g/mol. The number of anilines is 1. The van der Waals surface area contributed by atoms with Crippen molar-refractivity contribution in [2.75, 3.05) is 18.6 Å². The minimum Gasteiger partial charge on any atom is -0.468 e. The van der Waals surface area contributed by atoms with E-state index in [1.807, 2.05) is 47.4 Å². The minimum absolute atomic E-state index is 0.236. The van der Waals surface area contributed by atoms with Crippen LogP contribution in [0.15, 0.2) is 54.6 Å². The molecule has 3 nitrogen and oxygen atoms in total. The van der Waals surface area contributed by atoms with E-state index in [0.29, 0.717) is 6.54 Å². The van der Waals surface area contributed by atoms with Gasteiger partial charge < -0.3 is 9.64 Å². The van der Waals surface area contributed by atoms with Crippen molar-refractivity contribution in [2.24, 2.45) is 0 Å². The highest BCUT2D eigenvalue weighted by molar-refractivity contribution is 14.1. The third kappa shape index (κ3) is 3.96. The fourth-order valence-electron chi connectivity index (χ4n) is 1.93. The second-order valence-corrected chi connectivity index (χ2v) is 5.52. The second-order valence-electron chi connectivity index (χ2n) is 4.36. The van der Waals surface area contributed by atoms with Crippen LogP contribution < -0.4 is 4.90 Å². The van der Waals surface area contributed by atoms with Crippen LogP contribution in [0.5, 0.6) is 0 Å². The summed E-state index contributed by atoms with van der Waals surface area (Å²) in [5.41, 5.74) is 2.21. The van der Waals surface area contributed by atoms with Crippen LogP contribution in [0.25, 0.3) is 0 Å².